The normalized spacial score (nSPS) is 16.5. The van der Waals surface area contributed by atoms with Crippen molar-refractivity contribution in [2.45, 2.75) is 6.10 Å². The van der Waals surface area contributed by atoms with Crippen LogP contribution < -0.4 is 20.4 Å². The molecule has 15 heteroatoms. The van der Waals surface area contributed by atoms with E-state index in [1.54, 1.807) is 28.9 Å². The summed E-state index contributed by atoms with van der Waals surface area (Å²) in [4.78, 5) is 62.2. The van der Waals surface area contributed by atoms with Gasteiger partial charge in [-0.3, -0.25) is 23.7 Å². The Morgan fingerprint density at radius 2 is 1.74 bits per heavy atom. The summed E-state index contributed by atoms with van der Waals surface area (Å²) in [6.07, 6.45) is 6.27. The van der Waals surface area contributed by atoms with Gasteiger partial charge in [0, 0.05) is 63.0 Å². The van der Waals surface area contributed by atoms with Crippen molar-refractivity contribution in [3.8, 4) is 0 Å². The zero-order chi connectivity index (χ0) is 32.9. The Hall–Kier alpha value is -5.86. The van der Waals surface area contributed by atoms with Crippen molar-refractivity contribution in [2.24, 2.45) is 0 Å². The Labute approximate surface area is 267 Å². The van der Waals surface area contributed by atoms with E-state index >= 15 is 8.78 Å². The number of cyclic esters (lactones) is 1. The number of carbonyl (C=O) groups excluding carboxylic acids is 4. The fraction of sp³-hybridized carbons (Fsp3) is 0.250. The van der Waals surface area contributed by atoms with Crippen molar-refractivity contribution in [2.75, 3.05) is 55.6 Å². The summed E-state index contributed by atoms with van der Waals surface area (Å²) >= 11 is 0. The summed E-state index contributed by atoms with van der Waals surface area (Å²) in [5.74, 6) is -2.64. The maximum absolute atomic E-state index is 15.3. The van der Waals surface area contributed by atoms with Gasteiger partial charge in [0.15, 0.2) is 11.6 Å². The predicted molar refractivity (Wildman–Crippen MR) is 167 cm³/mol. The molecule has 2 saturated heterocycles. The first kappa shape index (κ1) is 31.1. The second-order valence-corrected chi connectivity index (χ2v) is 10.9. The van der Waals surface area contributed by atoms with E-state index in [0.29, 0.717) is 5.78 Å². The molecule has 2 aliphatic rings. The van der Waals surface area contributed by atoms with E-state index in [-0.39, 0.29) is 74.7 Å². The molecule has 2 aromatic heterocycles. The molecule has 1 atom stereocenters. The van der Waals surface area contributed by atoms with E-state index in [1.165, 1.54) is 22.1 Å². The Bertz CT molecular complexity index is 1790. The number of benzene rings is 2. The molecule has 0 aliphatic carbocycles. The number of ether oxygens (including phenoxy) is 1. The molecule has 6 rings (SSSR count). The van der Waals surface area contributed by atoms with E-state index < -0.39 is 29.7 Å². The number of halogens is 2. The molecular weight excluding hydrogens is 614 g/mol. The zero-order valence-corrected chi connectivity index (χ0v) is 25.0. The number of carbonyl (C=O) groups is 4. The first-order valence-electron chi connectivity index (χ1n) is 14.8. The van der Waals surface area contributed by atoms with Gasteiger partial charge in [0.1, 0.15) is 17.5 Å². The average Bonchev–Trinajstić information content (AvgIpc) is 3.69. The zero-order valence-electron chi connectivity index (χ0n) is 25.0. The second kappa shape index (κ2) is 13.6. The average molecular weight is 645 g/mol. The lowest BCUT2D eigenvalue weighted by atomic mass is 10.2. The Balaban J connectivity index is 0.989. The highest BCUT2D eigenvalue weighted by molar-refractivity contribution is 5.95. The number of aromatic nitrogens is 3. The van der Waals surface area contributed by atoms with Crippen LogP contribution in [-0.2, 0) is 14.3 Å². The fourth-order valence-electron chi connectivity index (χ4n) is 5.34. The van der Waals surface area contributed by atoms with Crippen LogP contribution in [0, 0.1) is 11.6 Å². The summed E-state index contributed by atoms with van der Waals surface area (Å²) in [7, 11) is 0. The smallest absolute Gasteiger partial charge is 0.414 e. The number of anilines is 2. The third-order valence-electron chi connectivity index (χ3n) is 7.74. The Morgan fingerprint density at radius 3 is 2.47 bits per heavy atom. The van der Waals surface area contributed by atoms with Crippen molar-refractivity contribution in [1.29, 1.82) is 0 Å². The first-order valence-corrected chi connectivity index (χ1v) is 14.8. The van der Waals surface area contributed by atoms with Gasteiger partial charge in [0.05, 0.1) is 25.3 Å². The number of nitrogens with one attached hydrogen (secondary N) is 2. The van der Waals surface area contributed by atoms with Crippen LogP contribution in [0.5, 0.6) is 0 Å². The molecule has 47 heavy (non-hydrogen) atoms. The number of amides is 4. The molecule has 13 nitrogen and oxygen atoms in total. The van der Waals surface area contributed by atoms with Crippen LogP contribution >= 0.6 is 0 Å². The van der Waals surface area contributed by atoms with Crippen LogP contribution in [0.15, 0.2) is 73.2 Å². The van der Waals surface area contributed by atoms with Gasteiger partial charge < -0.3 is 25.2 Å². The topological polar surface area (TPSA) is 141 Å². The summed E-state index contributed by atoms with van der Waals surface area (Å²) in [5, 5.41) is 5.21. The van der Waals surface area contributed by atoms with Crippen LogP contribution in [0.25, 0.3) is 11.9 Å². The Morgan fingerprint density at radius 1 is 1.00 bits per heavy atom. The van der Waals surface area contributed by atoms with Crippen molar-refractivity contribution >= 4 is 47.0 Å². The maximum Gasteiger partial charge on any atom is 0.414 e. The van der Waals surface area contributed by atoms with Gasteiger partial charge in [-0.25, -0.2) is 23.5 Å². The number of piperazine rings is 1. The van der Waals surface area contributed by atoms with Gasteiger partial charge in [-0.2, -0.15) is 0 Å². The quantitative estimate of drug-likeness (QED) is 0.265. The molecule has 2 N–H and O–H groups in total. The molecule has 242 valence electrons. The third kappa shape index (κ3) is 7.19. The van der Waals surface area contributed by atoms with E-state index in [2.05, 4.69) is 20.6 Å². The van der Waals surface area contributed by atoms with Gasteiger partial charge in [-0.05, 0) is 17.7 Å². The third-order valence-corrected chi connectivity index (χ3v) is 7.74. The molecule has 2 aromatic carbocycles. The summed E-state index contributed by atoms with van der Waals surface area (Å²) < 4.78 is 37.5. The summed E-state index contributed by atoms with van der Waals surface area (Å²) in [6, 6.07) is 13.1. The molecule has 0 saturated carbocycles. The molecule has 4 amide bonds. The van der Waals surface area contributed by atoms with Crippen LogP contribution in [0.1, 0.15) is 16.1 Å². The van der Waals surface area contributed by atoms with Crippen molar-refractivity contribution in [3.63, 3.8) is 0 Å². The van der Waals surface area contributed by atoms with E-state index in [9.17, 15) is 19.2 Å². The summed E-state index contributed by atoms with van der Waals surface area (Å²) in [6.45, 7) is 0.409. The number of fused-ring (bicyclic) bond motifs is 1. The van der Waals surface area contributed by atoms with E-state index in [4.69, 9.17) is 4.74 Å². The molecule has 0 spiro atoms. The largest absolute Gasteiger partial charge is 0.442 e. The van der Waals surface area contributed by atoms with Gasteiger partial charge >= 0.3 is 6.09 Å². The molecule has 4 aromatic rings. The minimum atomic E-state index is -0.871. The molecule has 2 fully saturated rings. The van der Waals surface area contributed by atoms with E-state index in [0.717, 1.165) is 22.6 Å². The highest BCUT2D eigenvalue weighted by Crippen LogP contribution is 2.31. The fourth-order valence-corrected chi connectivity index (χ4v) is 5.34. The highest BCUT2D eigenvalue weighted by Gasteiger charge is 2.34. The number of imidazole rings is 1. The Kier molecular flexibility index (Phi) is 9.04. The number of rotatable bonds is 9. The number of nitrogens with zero attached hydrogens (tertiary/aromatic N) is 6. The van der Waals surface area contributed by atoms with E-state index in [1.807, 2.05) is 30.3 Å². The van der Waals surface area contributed by atoms with Gasteiger partial charge in [0.2, 0.25) is 17.6 Å². The highest BCUT2D eigenvalue weighted by atomic mass is 19.1. The predicted octanol–water partition coefficient (Wildman–Crippen LogP) is 2.24. The number of hydrogen-bond donors (Lipinski definition) is 2. The maximum atomic E-state index is 15.3. The lowest BCUT2D eigenvalue weighted by Gasteiger charge is -2.36. The minimum absolute atomic E-state index is 0.00883. The molecule has 1 unspecified atom stereocenters. The van der Waals surface area contributed by atoms with Gasteiger partial charge in [-0.1, -0.05) is 30.3 Å². The monoisotopic (exact) mass is 644 g/mol. The van der Waals surface area contributed by atoms with Crippen molar-refractivity contribution < 1.29 is 32.7 Å². The molecule has 0 bridgehead atoms. The van der Waals surface area contributed by atoms with Gasteiger partial charge in [-0.15, -0.1) is 0 Å². The SMILES string of the molecule is O=C(/C=C/c1ccccc1)NCC1CN(c2cc(F)c(N3CCN(C(=O)CNC(=O)c4cn5cccnc5n4)CC3)c(F)c2)C(=O)O1. The molecular formula is C32H30F2N8O5. The lowest BCUT2D eigenvalue weighted by molar-refractivity contribution is -0.130. The minimum Gasteiger partial charge on any atom is -0.442 e. The van der Waals surface area contributed by atoms with Crippen LogP contribution in [0.4, 0.5) is 25.0 Å². The van der Waals surface area contributed by atoms with Crippen LogP contribution in [0.2, 0.25) is 0 Å². The first-order chi connectivity index (χ1) is 22.7. The van der Waals surface area contributed by atoms with Crippen LogP contribution in [-0.4, -0.2) is 95.0 Å². The number of hydrogen-bond acceptors (Lipinski definition) is 8. The van der Waals surface area contributed by atoms with Crippen molar-refractivity contribution in [1.82, 2.24) is 29.9 Å². The summed E-state index contributed by atoms with van der Waals surface area (Å²) in [5.41, 5.74) is 0.685. The standard InChI is InChI=1S/C32H30F2N8O5/c33-24-15-22(42-19-23(47-32(42)46)17-36-27(43)8-7-21-5-2-1-3-6-21)16-25(34)29(24)40-13-11-39(12-14-40)28(44)18-37-30(45)26-20-41-10-4-9-35-31(41)38-26/h1-10,15-16,20,23H,11-14,17-19H2,(H,36,43)(H,37,45)/b8-7+. The van der Waals surface area contributed by atoms with Crippen molar-refractivity contribution in [3.05, 3.63) is 96.1 Å². The molecule has 4 heterocycles. The second-order valence-electron chi connectivity index (χ2n) is 10.9. The van der Waals surface area contributed by atoms with Gasteiger partial charge in [0.25, 0.3) is 5.91 Å². The molecule has 0 radical (unpaired) electrons. The lowest BCUT2D eigenvalue weighted by Crippen LogP contribution is -2.51. The molecule has 2 aliphatic heterocycles. The van der Waals surface area contributed by atoms with Crippen LogP contribution in [0.3, 0.4) is 0 Å².